The topological polar surface area (TPSA) is 79.4 Å². The summed E-state index contributed by atoms with van der Waals surface area (Å²) >= 11 is 0. The number of sulfonamides is 1. The summed E-state index contributed by atoms with van der Waals surface area (Å²) < 4.78 is 39.2. The first-order valence-electron chi connectivity index (χ1n) is 9.26. The number of fused-ring (bicyclic) bond motifs is 2. The minimum Gasteiger partial charge on any atom is -0.490 e. The van der Waals surface area contributed by atoms with Gasteiger partial charge in [0.25, 0.3) is 0 Å². The number of hydrogen-bond donors (Lipinski definition) is 0. The number of morpholine rings is 1. The van der Waals surface area contributed by atoms with Crippen LogP contribution in [0.2, 0.25) is 0 Å². The van der Waals surface area contributed by atoms with Gasteiger partial charge >= 0.3 is 0 Å². The van der Waals surface area contributed by atoms with Crippen molar-refractivity contribution < 1.29 is 22.7 Å². The number of piperazine rings is 1. The molecule has 0 spiro atoms. The Hall–Kier alpha value is -1.68. The number of ether oxygens (including phenoxy) is 2. The van der Waals surface area contributed by atoms with E-state index in [0.717, 1.165) is 0 Å². The summed E-state index contributed by atoms with van der Waals surface area (Å²) in [7, 11) is -3.66. The molecule has 0 radical (unpaired) electrons. The second-order valence-electron chi connectivity index (χ2n) is 7.29. The Morgan fingerprint density at radius 2 is 2.00 bits per heavy atom. The van der Waals surface area contributed by atoms with Crippen LogP contribution in [0.3, 0.4) is 0 Å². The van der Waals surface area contributed by atoms with Crippen LogP contribution in [0, 0.1) is 0 Å². The first-order chi connectivity index (χ1) is 12.9. The zero-order valence-electron chi connectivity index (χ0n) is 15.6. The summed E-state index contributed by atoms with van der Waals surface area (Å²) in [6.07, 6.45) is 0. The van der Waals surface area contributed by atoms with Crippen LogP contribution >= 0.6 is 0 Å². The zero-order chi connectivity index (χ0) is 19.2. The number of rotatable bonds is 2. The Bertz CT molecular complexity index is 843. The van der Waals surface area contributed by atoms with Crippen molar-refractivity contribution in [1.29, 1.82) is 0 Å². The molecule has 2 fully saturated rings. The molecule has 3 aliphatic rings. The van der Waals surface area contributed by atoms with E-state index < -0.39 is 10.0 Å². The molecule has 4 rings (SSSR count). The predicted molar refractivity (Wildman–Crippen MR) is 99.5 cm³/mol. The number of benzene rings is 1. The highest BCUT2D eigenvalue weighted by molar-refractivity contribution is 7.89. The van der Waals surface area contributed by atoms with E-state index in [0.29, 0.717) is 63.5 Å². The maximum atomic E-state index is 13.2. The molecule has 3 aliphatic heterocycles. The van der Waals surface area contributed by atoms with E-state index in [9.17, 15) is 13.2 Å². The highest BCUT2D eigenvalue weighted by Gasteiger charge is 2.38. The minimum atomic E-state index is -3.66. The molecule has 9 heteroatoms. The smallest absolute Gasteiger partial charge is 0.243 e. The maximum Gasteiger partial charge on any atom is 0.243 e. The Morgan fingerprint density at radius 1 is 1.19 bits per heavy atom. The van der Waals surface area contributed by atoms with Gasteiger partial charge in [0.05, 0.1) is 30.3 Å². The van der Waals surface area contributed by atoms with Gasteiger partial charge in [-0.1, -0.05) is 0 Å². The summed E-state index contributed by atoms with van der Waals surface area (Å²) in [6.45, 7) is 7.20. The third kappa shape index (κ3) is 3.33. The minimum absolute atomic E-state index is 0.0759. The third-order valence-corrected chi connectivity index (χ3v) is 7.40. The van der Waals surface area contributed by atoms with Crippen LogP contribution < -0.4 is 9.64 Å². The van der Waals surface area contributed by atoms with Gasteiger partial charge in [-0.25, -0.2) is 8.42 Å². The fourth-order valence-corrected chi connectivity index (χ4v) is 5.58. The van der Waals surface area contributed by atoms with Gasteiger partial charge in [-0.2, -0.15) is 4.31 Å². The van der Waals surface area contributed by atoms with Crippen LogP contribution in [-0.2, 0) is 19.6 Å². The average Bonchev–Trinajstić information content (AvgIpc) is 2.66. The van der Waals surface area contributed by atoms with Crippen LogP contribution in [0.25, 0.3) is 0 Å². The highest BCUT2D eigenvalue weighted by Crippen LogP contribution is 2.35. The van der Waals surface area contributed by atoms with Crippen LogP contribution in [0.4, 0.5) is 5.69 Å². The van der Waals surface area contributed by atoms with Crippen LogP contribution in [0.15, 0.2) is 23.1 Å². The lowest BCUT2D eigenvalue weighted by molar-refractivity contribution is -0.116. The van der Waals surface area contributed by atoms with Crippen LogP contribution in [0.5, 0.6) is 5.75 Å². The number of hydrogen-bond acceptors (Lipinski definition) is 6. The summed E-state index contributed by atoms with van der Waals surface area (Å²) in [5.41, 5.74) is 0.517. The molecule has 1 amide bonds. The largest absolute Gasteiger partial charge is 0.490 e. The molecule has 0 N–H and O–H groups in total. The first-order valence-corrected chi connectivity index (χ1v) is 10.7. The second kappa shape index (κ2) is 7.05. The van der Waals surface area contributed by atoms with E-state index in [1.165, 1.54) is 11.2 Å². The standard InChI is InChI=1S/C18H25N3O5S/c1-13-11-25-12-15-10-19(5-6-20(13)15)27(23,24)16-3-4-18-17(9-16)21(14(2)22)7-8-26-18/h3-4,9,13,15H,5-8,10-12H2,1-2H3/t13-,15+/m0/s1. The van der Waals surface area contributed by atoms with E-state index in [2.05, 4.69) is 11.8 Å². The molecule has 2 atom stereocenters. The molecule has 0 aromatic heterocycles. The predicted octanol–water partition coefficient (Wildman–Crippen LogP) is 0.526. The molecule has 0 unspecified atom stereocenters. The molecule has 148 valence electrons. The fraction of sp³-hybridized carbons (Fsp3) is 0.611. The van der Waals surface area contributed by atoms with Crippen molar-refractivity contribution in [2.24, 2.45) is 0 Å². The van der Waals surface area contributed by atoms with Crippen molar-refractivity contribution in [1.82, 2.24) is 9.21 Å². The van der Waals surface area contributed by atoms with Crippen molar-refractivity contribution in [3.63, 3.8) is 0 Å². The number of nitrogens with zero attached hydrogens (tertiary/aromatic N) is 3. The zero-order valence-corrected chi connectivity index (χ0v) is 16.4. The third-order valence-electron chi connectivity index (χ3n) is 5.54. The van der Waals surface area contributed by atoms with Crippen molar-refractivity contribution in [2.45, 2.75) is 30.8 Å². The molecule has 1 aromatic rings. The molecule has 0 bridgehead atoms. The van der Waals surface area contributed by atoms with E-state index >= 15 is 0 Å². The molecule has 3 heterocycles. The van der Waals surface area contributed by atoms with Crippen molar-refractivity contribution in [2.75, 3.05) is 50.9 Å². The SMILES string of the molecule is CC(=O)N1CCOc2ccc(S(=O)(=O)N3CCN4[C@@H](COC[C@@H]4C)C3)cc21. The maximum absolute atomic E-state index is 13.2. The molecular weight excluding hydrogens is 370 g/mol. The number of anilines is 1. The number of amides is 1. The molecule has 8 nitrogen and oxygen atoms in total. The van der Waals surface area contributed by atoms with E-state index in [4.69, 9.17) is 9.47 Å². The van der Waals surface area contributed by atoms with Crippen molar-refractivity contribution in [3.05, 3.63) is 18.2 Å². The van der Waals surface area contributed by atoms with E-state index in [1.807, 2.05) is 0 Å². The monoisotopic (exact) mass is 395 g/mol. The van der Waals surface area contributed by atoms with Crippen molar-refractivity contribution >= 4 is 21.6 Å². The van der Waals surface area contributed by atoms with Gasteiger partial charge in [0.15, 0.2) is 0 Å². The summed E-state index contributed by atoms with van der Waals surface area (Å²) in [5, 5.41) is 0. The molecule has 1 aromatic carbocycles. The van der Waals surface area contributed by atoms with Crippen molar-refractivity contribution in [3.8, 4) is 5.75 Å². The molecule has 0 aliphatic carbocycles. The van der Waals surface area contributed by atoms with Gasteiger partial charge in [-0.05, 0) is 25.1 Å². The second-order valence-corrected chi connectivity index (χ2v) is 9.23. The first kappa shape index (κ1) is 18.7. The van der Waals surface area contributed by atoms with Gasteiger partial charge in [0, 0.05) is 38.6 Å². The van der Waals surface area contributed by atoms with E-state index in [1.54, 1.807) is 23.1 Å². The van der Waals surface area contributed by atoms with Gasteiger partial charge < -0.3 is 14.4 Å². The normalized spacial score (nSPS) is 26.8. The fourth-order valence-electron chi connectivity index (χ4n) is 4.09. The van der Waals surface area contributed by atoms with Gasteiger partial charge in [-0.3, -0.25) is 9.69 Å². The molecule has 27 heavy (non-hydrogen) atoms. The van der Waals surface area contributed by atoms with Crippen LogP contribution in [0.1, 0.15) is 13.8 Å². The Balaban J connectivity index is 1.61. The number of carbonyl (C=O) groups is 1. The van der Waals surface area contributed by atoms with E-state index in [-0.39, 0.29) is 16.8 Å². The lowest BCUT2D eigenvalue weighted by Crippen LogP contribution is -2.61. The van der Waals surface area contributed by atoms with Gasteiger partial charge in [0.2, 0.25) is 15.9 Å². The average molecular weight is 395 g/mol. The number of carbonyl (C=O) groups excluding carboxylic acids is 1. The Morgan fingerprint density at radius 3 is 2.78 bits per heavy atom. The molecule has 2 saturated heterocycles. The van der Waals surface area contributed by atoms with Gasteiger partial charge in [-0.15, -0.1) is 0 Å². The summed E-state index contributed by atoms with van der Waals surface area (Å²) in [4.78, 5) is 16.0. The lowest BCUT2D eigenvalue weighted by Gasteiger charge is -2.46. The Kier molecular flexibility index (Phi) is 4.87. The molecular formula is C18H25N3O5S. The Labute approximate surface area is 159 Å². The highest BCUT2D eigenvalue weighted by atomic mass is 32.2. The molecule has 0 saturated carbocycles. The summed E-state index contributed by atoms with van der Waals surface area (Å²) in [5.74, 6) is 0.408. The summed E-state index contributed by atoms with van der Waals surface area (Å²) in [6, 6.07) is 5.13. The van der Waals surface area contributed by atoms with Crippen LogP contribution in [-0.4, -0.2) is 81.6 Å². The lowest BCUT2D eigenvalue weighted by atomic mass is 10.1. The quantitative estimate of drug-likeness (QED) is 0.727. The van der Waals surface area contributed by atoms with Gasteiger partial charge in [0.1, 0.15) is 12.4 Å².